The van der Waals surface area contributed by atoms with Crippen molar-refractivity contribution in [3.63, 3.8) is 0 Å². The Kier molecular flexibility index (Phi) is 4.86. The van der Waals surface area contributed by atoms with Gasteiger partial charge in [0.1, 0.15) is 6.04 Å². The van der Waals surface area contributed by atoms with Crippen LogP contribution in [0.3, 0.4) is 0 Å². The van der Waals surface area contributed by atoms with Crippen LogP contribution >= 0.6 is 0 Å². The van der Waals surface area contributed by atoms with Crippen molar-refractivity contribution in [2.45, 2.75) is 57.5 Å². The van der Waals surface area contributed by atoms with Crippen molar-refractivity contribution in [2.24, 2.45) is 5.92 Å². The summed E-state index contributed by atoms with van der Waals surface area (Å²) in [7, 11) is 0. The number of benzene rings is 1. The Morgan fingerprint density at radius 2 is 1.91 bits per heavy atom. The number of likely N-dealkylation sites (tertiary alicyclic amines) is 1. The van der Waals surface area contributed by atoms with Gasteiger partial charge in [-0.3, -0.25) is 9.69 Å². The van der Waals surface area contributed by atoms with Gasteiger partial charge in [-0.05, 0) is 60.7 Å². The monoisotopic (exact) mass is 436 g/mol. The number of ether oxygens (including phenoxy) is 2. The quantitative estimate of drug-likeness (QED) is 0.671. The summed E-state index contributed by atoms with van der Waals surface area (Å²) in [6, 6.07) is 5.77. The van der Waals surface area contributed by atoms with Crippen LogP contribution in [-0.4, -0.2) is 50.0 Å². The van der Waals surface area contributed by atoms with Crippen LogP contribution in [0.2, 0.25) is 0 Å². The fourth-order valence-electron chi connectivity index (χ4n) is 5.56. The summed E-state index contributed by atoms with van der Waals surface area (Å²) in [5, 5.41) is 13.8. The van der Waals surface area contributed by atoms with Crippen molar-refractivity contribution < 1.29 is 9.47 Å². The third kappa shape index (κ3) is 3.35. The summed E-state index contributed by atoms with van der Waals surface area (Å²) >= 11 is 0. The molecule has 0 bridgehead atoms. The van der Waals surface area contributed by atoms with Crippen LogP contribution in [0.25, 0.3) is 10.9 Å². The van der Waals surface area contributed by atoms with Gasteiger partial charge in [0.05, 0.1) is 11.6 Å². The SMILES string of the molecule is C[C@@H]1CCCN([C@H](c2cc3cc4c(cc3[nH]c2=O)OCO4)c2nnnn2C2CCCC2)C1. The smallest absolute Gasteiger partial charge is 0.253 e. The van der Waals surface area contributed by atoms with E-state index in [9.17, 15) is 4.79 Å². The zero-order valence-corrected chi connectivity index (χ0v) is 18.3. The molecule has 2 atom stereocenters. The minimum Gasteiger partial charge on any atom is -0.454 e. The van der Waals surface area contributed by atoms with Gasteiger partial charge in [0.2, 0.25) is 6.79 Å². The molecule has 2 aliphatic heterocycles. The van der Waals surface area contributed by atoms with Gasteiger partial charge >= 0.3 is 0 Å². The van der Waals surface area contributed by atoms with E-state index in [1.807, 2.05) is 22.9 Å². The minimum atomic E-state index is -0.285. The van der Waals surface area contributed by atoms with E-state index in [1.165, 1.54) is 19.3 Å². The predicted molar refractivity (Wildman–Crippen MR) is 118 cm³/mol. The maximum Gasteiger partial charge on any atom is 0.253 e. The molecule has 0 amide bonds. The molecule has 1 saturated carbocycles. The van der Waals surface area contributed by atoms with Gasteiger partial charge in [0.15, 0.2) is 17.3 Å². The Morgan fingerprint density at radius 1 is 1.09 bits per heavy atom. The second-order valence-electron chi connectivity index (χ2n) is 9.41. The Bertz CT molecular complexity index is 1200. The Balaban J connectivity index is 1.50. The summed E-state index contributed by atoms with van der Waals surface area (Å²) in [4.78, 5) is 18.9. The zero-order chi connectivity index (χ0) is 21.7. The molecule has 0 spiro atoms. The van der Waals surface area contributed by atoms with E-state index in [2.05, 4.69) is 32.3 Å². The number of rotatable bonds is 4. The molecule has 1 aliphatic carbocycles. The Hall–Kier alpha value is -2.94. The van der Waals surface area contributed by atoms with Crippen LogP contribution in [-0.2, 0) is 0 Å². The van der Waals surface area contributed by atoms with E-state index in [0.717, 1.165) is 49.1 Å². The van der Waals surface area contributed by atoms with Crippen molar-refractivity contribution in [3.8, 4) is 11.5 Å². The van der Waals surface area contributed by atoms with E-state index in [4.69, 9.17) is 9.47 Å². The van der Waals surface area contributed by atoms with Crippen molar-refractivity contribution >= 4 is 10.9 Å². The van der Waals surface area contributed by atoms with Crippen LogP contribution < -0.4 is 15.0 Å². The highest BCUT2D eigenvalue weighted by molar-refractivity contribution is 5.83. The molecule has 1 N–H and O–H groups in total. The van der Waals surface area contributed by atoms with E-state index < -0.39 is 0 Å². The number of nitrogens with zero attached hydrogens (tertiary/aromatic N) is 5. The third-order valence-corrected chi connectivity index (χ3v) is 7.15. The Labute approximate surface area is 185 Å². The Morgan fingerprint density at radius 3 is 2.72 bits per heavy atom. The van der Waals surface area contributed by atoms with Gasteiger partial charge in [0, 0.05) is 23.6 Å². The van der Waals surface area contributed by atoms with Crippen LogP contribution in [0.1, 0.15) is 68.9 Å². The fourth-order valence-corrected chi connectivity index (χ4v) is 5.56. The van der Waals surface area contributed by atoms with E-state index in [-0.39, 0.29) is 18.4 Å². The van der Waals surface area contributed by atoms with Crippen LogP contribution in [0.5, 0.6) is 11.5 Å². The molecule has 9 heteroatoms. The second kappa shape index (κ2) is 7.88. The summed E-state index contributed by atoms with van der Waals surface area (Å²) in [5.41, 5.74) is 1.31. The highest BCUT2D eigenvalue weighted by Crippen LogP contribution is 2.38. The lowest BCUT2D eigenvalue weighted by Gasteiger charge is -2.36. The molecule has 2 fully saturated rings. The van der Waals surface area contributed by atoms with Gasteiger partial charge < -0.3 is 14.5 Å². The van der Waals surface area contributed by atoms with E-state index >= 15 is 0 Å². The third-order valence-electron chi connectivity index (χ3n) is 7.15. The molecule has 3 aliphatic rings. The fraction of sp³-hybridized carbons (Fsp3) is 0.565. The molecule has 0 unspecified atom stereocenters. The van der Waals surface area contributed by atoms with Gasteiger partial charge in [-0.1, -0.05) is 19.8 Å². The summed E-state index contributed by atoms with van der Waals surface area (Å²) in [6.45, 7) is 4.31. The minimum absolute atomic E-state index is 0.111. The molecule has 3 aromatic rings. The number of tetrazole rings is 1. The van der Waals surface area contributed by atoms with Gasteiger partial charge in [-0.2, -0.15) is 0 Å². The number of hydrogen-bond acceptors (Lipinski definition) is 7. The van der Waals surface area contributed by atoms with Crippen LogP contribution in [0.4, 0.5) is 0 Å². The van der Waals surface area contributed by atoms with Crippen molar-refractivity contribution in [1.29, 1.82) is 0 Å². The standard InChI is InChI=1S/C23H28N6O3/c1-14-5-4-8-28(12-14)21(22-25-26-27-29(22)16-6-2-3-7-16)17-9-15-10-19-20(32-13-31-19)11-18(15)24-23(17)30/h9-11,14,16,21H,2-8,12-13H2,1H3,(H,24,30)/t14-,21-/m1/s1. The highest BCUT2D eigenvalue weighted by atomic mass is 16.7. The molecular formula is C23H28N6O3. The average molecular weight is 437 g/mol. The van der Waals surface area contributed by atoms with Gasteiger partial charge in [0.25, 0.3) is 5.56 Å². The van der Waals surface area contributed by atoms with Crippen molar-refractivity contribution in [3.05, 3.63) is 39.9 Å². The molecule has 1 aromatic carbocycles. The lowest BCUT2D eigenvalue weighted by molar-refractivity contribution is 0.139. The molecule has 0 radical (unpaired) electrons. The lowest BCUT2D eigenvalue weighted by atomic mass is 9.95. The van der Waals surface area contributed by atoms with Crippen molar-refractivity contribution in [1.82, 2.24) is 30.1 Å². The van der Waals surface area contributed by atoms with Crippen LogP contribution in [0, 0.1) is 5.92 Å². The van der Waals surface area contributed by atoms with Crippen LogP contribution in [0.15, 0.2) is 23.0 Å². The number of hydrogen-bond donors (Lipinski definition) is 1. The predicted octanol–water partition coefficient (Wildman–Crippen LogP) is 3.18. The number of H-pyrrole nitrogens is 1. The number of aromatic nitrogens is 5. The average Bonchev–Trinajstić information content (AvgIpc) is 3.54. The molecule has 168 valence electrons. The summed E-state index contributed by atoms with van der Waals surface area (Å²) in [6.07, 6.45) is 6.86. The first-order chi connectivity index (χ1) is 15.7. The largest absolute Gasteiger partial charge is 0.454 e. The molecule has 32 heavy (non-hydrogen) atoms. The maximum atomic E-state index is 13.4. The van der Waals surface area contributed by atoms with E-state index in [0.29, 0.717) is 29.0 Å². The lowest BCUT2D eigenvalue weighted by Crippen LogP contribution is -2.41. The summed E-state index contributed by atoms with van der Waals surface area (Å²) < 4.78 is 13.0. The van der Waals surface area contributed by atoms with E-state index in [1.54, 1.807) is 0 Å². The normalized spacial score (nSPS) is 22.6. The number of fused-ring (bicyclic) bond motifs is 2. The number of nitrogens with one attached hydrogen (secondary N) is 1. The molecular weight excluding hydrogens is 408 g/mol. The highest BCUT2D eigenvalue weighted by Gasteiger charge is 2.35. The molecule has 6 rings (SSSR count). The number of aromatic amines is 1. The first-order valence-electron chi connectivity index (χ1n) is 11.7. The zero-order valence-electron chi connectivity index (χ0n) is 18.3. The molecule has 9 nitrogen and oxygen atoms in total. The number of piperidine rings is 1. The number of pyridine rings is 1. The molecule has 2 aromatic heterocycles. The topological polar surface area (TPSA) is 98.2 Å². The van der Waals surface area contributed by atoms with Gasteiger partial charge in [-0.15, -0.1) is 5.10 Å². The maximum absolute atomic E-state index is 13.4. The second-order valence-corrected chi connectivity index (χ2v) is 9.41. The van der Waals surface area contributed by atoms with Crippen molar-refractivity contribution in [2.75, 3.05) is 19.9 Å². The first kappa shape index (κ1) is 19.7. The molecule has 1 saturated heterocycles. The molecule has 4 heterocycles. The van der Waals surface area contributed by atoms with Gasteiger partial charge in [-0.25, -0.2) is 4.68 Å². The first-order valence-corrected chi connectivity index (χ1v) is 11.7. The summed E-state index contributed by atoms with van der Waals surface area (Å²) in [5.74, 6) is 2.70.